The van der Waals surface area contributed by atoms with E-state index in [1.165, 1.54) is 12.8 Å². The molecule has 0 unspecified atom stereocenters. The first-order valence-electron chi connectivity index (χ1n) is 6.34. The van der Waals surface area contributed by atoms with Crippen LogP contribution in [0.25, 0.3) is 0 Å². The molecule has 0 bridgehead atoms. The first-order chi connectivity index (χ1) is 8.20. The number of alkyl halides is 1. The minimum absolute atomic E-state index is 0.525. The number of rotatable bonds is 4. The van der Waals surface area contributed by atoms with E-state index in [1.54, 1.807) is 0 Å². The molecule has 0 aliphatic carbocycles. The van der Waals surface area contributed by atoms with Crippen molar-refractivity contribution in [2.24, 2.45) is 11.8 Å². The third kappa shape index (κ3) is 3.12. The van der Waals surface area contributed by atoms with Crippen molar-refractivity contribution in [1.82, 2.24) is 10.2 Å². The van der Waals surface area contributed by atoms with Crippen molar-refractivity contribution in [1.29, 1.82) is 0 Å². The van der Waals surface area contributed by atoms with Crippen LogP contribution in [0, 0.1) is 11.8 Å². The molecule has 96 valence electrons. The van der Waals surface area contributed by atoms with Gasteiger partial charge in [0.2, 0.25) is 5.89 Å². The molecule has 1 saturated heterocycles. The zero-order chi connectivity index (χ0) is 12.3. The van der Waals surface area contributed by atoms with Crippen LogP contribution in [0.5, 0.6) is 0 Å². The maximum atomic E-state index is 5.64. The van der Waals surface area contributed by atoms with Gasteiger partial charge in [0.05, 0.1) is 0 Å². The Balaban J connectivity index is 1.91. The van der Waals surface area contributed by atoms with E-state index >= 15 is 0 Å². The Bertz CT molecular complexity index is 345. The zero-order valence-corrected chi connectivity index (χ0v) is 11.3. The van der Waals surface area contributed by atoms with Crippen molar-refractivity contribution in [3.8, 4) is 0 Å². The van der Waals surface area contributed by atoms with Crippen LogP contribution in [0.4, 0.5) is 6.01 Å². The number of hydrogen-bond donors (Lipinski definition) is 0. The SMILES string of the molecule is CC(C)C1CCN(c2nnc(CCCl)o2)CC1. The Labute approximate surface area is 107 Å². The van der Waals surface area contributed by atoms with Gasteiger partial charge < -0.3 is 9.32 Å². The molecule has 5 heteroatoms. The van der Waals surface area contributed by atoms with Gasteiger partial charge in [-0.2, -0.15) is 0 Å². The van der Waals surface area contributed by atoms with Crippen LogP contribution in [0.15, 0.2) is 4.42 Å². The topological polar surface area (TPSA) is 42.2 Å². The van der Waals surface area contributed by atoms with E-state index in [4.69, 9.17) is 16.0 Å². The number of hydrogen-bond acceptors (Lipinski definition) is 4. The number of halogens is 1. The normalized spacial score (nSPS) is 18.0. The molecule has 0 spiro atoms. The lowest BCUT2D eigenvalue weighted by atomic mass is 9.87. The van der Waals surface area contributed by atoms with E-state index in [2.05, 4.69) is 28.9 Å². The molecule has 1 aromatic heterocycles. The number of aryl methyl sites for hydroxylation is 1. The smallest absolute Gasteiger partial charge is 0.318 e. The van der Waals surface area contributed by atoms with Crippen LogP contribution in [-0.4, -0.2) is 29.2 Å². The Morgan fingerprint density at radius 2 is 2.06 bits per heavy atom. The molecule has 2 rings (SSSR count). The fraction of sp³-hybridized carbons (Fsp3) is 0.833. The molecule has 1 aliphatic rings. The van der Waals surface area contributed by atoms with E-state index in [0.717, 1.165) is 24.9 Å². The Hall–Kier alpha value is -0.770. The highest BCUT2D eigenvalue weighted by Gasteiger charge is 2.24. The highest BCUT2D eigenvalue weighted by atomic mass is 35.5. The second-order valence-corrected chi connectivity index (χ2v) is 5.36. The number of nitrogens with zero attached hydrogens (tertiary/aromatic N) is 3. The van der Waals surface area contributed by atoms with E-state index in [9.17, 15) is 0 Å². The summed E-state index contributed by atoms with van der Waals surface area (Å²) in [7, 11) is 0. The summed E-state index contributed by atoms with van der Waals surface area (Å²) in [5, 5.41) is 8.07. The van der Waals surface area contributed by atoms with Gasteiger partial charge in [-0.15, -0.1) is 16.7 Å². The predicted molar refractivity (Wildman–Crippen MR) is 68.5 cm³/mol. The van der Waals surface area contributed by atoms with E-state index in [1.807, 2.05) is 0 Å². The van der Waals surface area contributed by atoms with Gasteiger partial charge in [0.25, 0.3) is 0 Å². The molecule has 1 aliphatic heterocycles. The molecular weight excluding hydrogens is 238 g/mol. The van der Waals surface area contributed by atoms with Crippen molar-refractivity contribution in [3.63, 3.8) is 0 Å². The van der Waals surface area contributed by atoms with Crippen LogP contribution in [0.3, 0.4) is 0 Å². The van der Waals surface area contributed by atoms with Gasteiger partial charge in [0.1, 0.15) is 0 Å². The largest absolute Gasteiger partial charge is 0.408 e. The van der Waals surface area contributed by atoms with Crippen LogP contribution < -0.4 is 4.90 Å². The minimum atomic E-state index is 0.525. The van der Waals surface area contributed by atoms with E-state index < -0.39 is 0 Å². The van der Waals surface area contributed by atoms with Gasteiger partial charge in [-0.05, 0) is 24.7 Å². The molecule has 1 aromatic rings. The van der Waals surface area contributed by atoms with Crippen molar-refractivity contribution < 1.29 is 4.42 Å². The third-order valence-corrected chi connectivity index (χ3v) is 3.71. The molecular formula is C12H20ClN3O. The quantitative estimate of drug-likeness (QED) is 0.778. The summed E-state index contributed by atoms with van der Waals surface area (Å²) in [6.07, 6.45) is 3.08. The van der Waals surface area contributed by atoms with Crippen LogP contribution in [0.2, 0.25) is 0 Å². The van der Waals surface area contributed by atoms with Gasteiger partial charge in [-0.1, -0.05) is 18.9 Å². The van der Waals surface area contributed by atoms with Gasteiger partial charge in [0, 0.05) is 25.4 Å². The first kappa shape index (κ1) is 12.7. The van der Waals surface area contributed by atoms with Crippen molar-refractivity contribution in [3.05, 3.63) is 5.89 Å². The molecule has 0 saturated carbocycles. The van der Waals surface area contributed by atoms with Crippen molar-refractivity contribution in [2.75, 3.05) is 23.9 Å². The molecule has 0 aromatic carbocycles. The minimum Gasteiger partial charge on any atom is -0.408 e. The summed E-state index contributed by atoms with van der Waals surface area (Å²) in [5.41, 5.74) is 0. The average Bonchev–Trinajstić information content (AvgIpc) is 2.78. The highest BCUT2D eigenvalue weighted by Crippen LogP contribution is 2.27. The van der Waals surface area contributed by atoms with Gasteiger partial charge in [-0.25, -0.2) is 0 Å². The monoisotopic (exact) mass is 257 g/mol. The first-order valence-corrected chi connectivity index (χ1v) is 6.87. The van der Waals surface area contributed by atoms with E-state index in [-0.39, 0.29) is 0 Å². The number of aromatic nitrogens is 2. The van der Waals surface area contributed by atoms with Crippen LogP contribution >= 0.6 is 11.6 Å². The predicted octanol–water partition coefficient (Wildman–Crippen LogP) is 2.72. The second kappa shape index (κ2) is 5.71. The summed E-state index contributed by atoms with van der Waals surface area (Å²) < 4.78 is 5.58. The standard InChI is InChI=1S/C12H20ClN3O/c1-9(2)10-4-7-16(8-5-10)12-15-14-11(17-12)3-6-13/h9-10H,3-8H2,1-2H3. The number of piperidine rings is 1. The maximum absolute atomic E-state index is 5.64. The zero-order valence-electron chi connectivity index (χ0n) is 10.5. The lowest BCUT2D eigenvalue weighted by Crippen LogP contribution is -2.35. The Morgan fingerprint density at radius 3 is 2.65 bits per heavy atom. The summed E-state index contributed by atoms with van der Waals surface area (Å²) in [5.74, 6) is 2.76. The highest BCUT2D eigenvalue weighted by molar-refractivity contribution is 6.17. The average molecular weight is 258 g/mol. The van der Waals surface area contributed by atoms with Gasteiger partial charge >= 0.3 is 6.01 Å². The second-order valence-electron chi connectivity index (χ2n) is 4.99. The molecule has 0 N–H and O–H groups in total. The Kier molecular flexibility index (Phi) is 4.26. The fourth-order valence-electron chi connectivity index (χ4n) is 2.31. The molecule has 1 fully saturated rings. The summed E-state index contributed by atoms with van der Waals surface area (Å²) in [6.45, 7) is 6.63. The fourth-order valence-corrected chi connectivity index (χ4v) is 2.47. The lowest BCUT2D eigenvalue weighted by Gasteiger charge is -2.32. The van der Waals surface area contributed by atoms with Crippen molar-refractivity contribution >= 4 is 17.6 Å². The molecule has 2 heterocycles. The van der Waals surface area contributed by atoms with Gasteiger partial charge in [-0.3, -0.25) is 0 Å². The summed E-state index contributed by atoms with van der Waals surface area (Å²) >= 11 is 5.64. The van der Waals surface area contributed by atoms with Crippen molar-refractivity contribution in [2.45, 2.75) is 33.1 Å². The molecule has 0 atom stereocenters. The Morgan fingerprint density at radius 1 is 1.35 bits per heavy atom. The molecule has 4 nitrogen and oxygen atoms in total. The summed E-state index contributed by atoms with van der Waals surface area (Å²) in [6, 6.07) is 0.660. The molecule has 0 amide bonds. The maximum Gasteiger partial charge on any atom is 0.318 e. The van der Waals surface area contributed by atoms with Crippen LogP contribution in [0.1, 0.15) is 32.6 Å². The third-order valence-electron chi connectivity index (χ3n) is 3.52. The van der Waals surface area contributed by atoms with E-state index in [0.29, 0.717) is 24.2 Å². The molecule has 0 radical (unpaired) electrons. The molecule has 17 heavy (non-hydrogen) atoms. The van der Waals surface area contributed by atoms with Gasteiger partial charge in [0.15, 0.2) is 0 Å². The number of anilines is 1. The summed E-state index contributed by atoms with van der Waals surface area (Å²) in [4.78, 5) is 2.18. The van der Waals surface area contributed by atoms with Crippen LogP contribution in [-0.2, 0) is 6.42 Å². The lowest BCUT2D eigenvalue weighted by molar-refractivity contribution is 0.303.